The van der Waals surface area contributed by atoms with Crippen LogP contribution in [0.4, 0.5) is 0 Å². The molecule has 0 aliphatic heterocycles. The van der Waals surface area contributed by atoms with Gasteiger partial charge in [-0.2, -0.15) is 0 Å². The minimum Gasteiger partial charge on any atom is -0.349 e. The van der Waals surface area contributed by atoms with Crippen LogP contribution in [-0.4, -0.2) is 23.0 Å². The molecule has 138 valence electrons. The molecule has 0 atom stereocenters. The second-order valence-electron chi connectivity index (χ2n) is 6.85. The average Bonchev–Trinajstić information content (AvgIpc) is 2.55. The predicted molar refractivity (Wildman–Crippen MR) is 108 cm³/mol. The molecule has 0 unspecified atom stereocenters. The number of hydrogen-bond acceptors (Lipinski definition) is 3. The van der Waals surface area contributed by atoms with Gasteiger partial charge in [-0.3, -0.25) is 9.78 Å². The van der Waals surface area contributed by atoms with Gasteiger partial charge >= 0.3 is 0 Å². The van der Waals surface area contributed by atoms with Crippen molar-refractivity contribution in [2.45, 2.75) is 57.5 Å². The number of carbonyl (C=O) groups is 1. The maximum Gasteiger partial charge on any atom is 0.252 e. The van der Waals surface area contributed by atoms with Crippen LogP contribution in [0.1, 0.15) is 61.5 Å². The molecule has 3 N–H and O–H groups in total. The van der Waals surface area contributed by atoms with E-state index in [0.29, 0.717) is 5.92 Å². The van der Waals surface area contributed by atoms with Crippen LogP contribution >= 0.6 is 24.8 Å². The Morgan fingerprint density at radius 2 is 1.80 bits per heavy atom. The van der Waals surface area contributed by atoms with E-state index in [2.05, 4.69) is 24.1 Å². The molecule has 1 aromatic carbocycles. The Morgan fingerprint density at radius 3 is 2.44 bits per heavy atom. The molecule has 1 aliphatic carbocycles. The number of fused-ring (bicyclic) bond motifs is 1. The molecule has 1 fully saturated rings. The topological polar surface area (TPSA) is 68.0 Å². The summed E-state index contributed by atoms with van der Waals surface area (Å²) in [7, 11) is 0. The van der Waals surface area contributed by atoms with Crippen LogP contribution in [-0.2, 0) is 0 Å². The maximum atomic E-state index is 12.8. The van der Waals surface area contributed by atoms with Crippen LogP contribution in [0.5, 0.6) is 0 Å². The van der Waals surface area contributed by atoms with E-state index < -0.39 is 0 Å². The summed E-state index contributed by atoms with van der Waals surface area (Å²) in [6, 6.07) is 10.3. The standard InChI is InChI=1S/C19H25N3O.2ClH/c1-12(2)18-11-16(15-5-3-4-6-17(15)22-18)19(23)21-14-9-7-13(20)8-10-14;;/h3-6,11-14H,7-10,20H2,1-2H3,(H,21,23);2*1H. The van der Waals surface area contributed by atoms with E-state index >= 15 is 0 Å². The van der Waals surface area contributed by atoms with E-state index in [4.69, 9.17) is 5.73 Å². The fourth-order valence-electron chi connectivity index (χ4n) is 3.21. The fourth-order valence-corrected chi connectivity index (χ4v) is 3.21. The number of halogens is 2. The van der Waals surface area contributed by atoms with Crippen LogP contribution in [0.15, 0.2) is 30.3 Å². The summed E-state index contributed by atoms with van der Waals surface area (Å²) in [4.78, 5) is 17.5. The summed E-state index contributed by atoms with van der Waals surface area (Å²) in [6.45, 7) is 4.20. The number of hydrogen-bond donors (Lipinski definition) is 2. The highest BCUT2D eigenvalue weighted by atomic mass is 35.5. The second kappa shape index (κ2) is 9.37. The lowest BCUT2D eigenvalue weighted by atomic mass is 9.91. The van der Waals surface area contributed by atoms with Crippen molar-refractivity contribution in [1.29, 1.82) is 0 Å². The summed E-state index contributed by atoms with van der Waals surface area (Å²) >= 11 is 0. The number of rotatable bonds is 3. The largest absolute Gasteiger partial charge is 0.349 e. The minimum atomic E-state index is 0. The van der Waals surface area contributed by atoms with Crippen molar-refractivity contribution < 1.29 is 4.79 Å². The van der Waals surface area contributed by atoms with E-state index in [1.54, 1.807) is 0 Å². The van der Waals surface area contributed by atoms with Gasteiger partial charge < -0.3 is 11.1 Å². The van der Waals surface area contributed by atoms with Crippen LogP contribution in [0.3, 0.4) is 0 Å². The van der Waals surface area contributed by atoms with Gasteiger partial charge in [0.2, 0.25) is 0 Å². The van der Waals surface area contributed by atoms with Crippen molar-refractivity contribution in [3.63, 3.8) is 0 Å². The van der Waals surface area contributed by atoms with Crippen LogP contribution in [0, 0.1) is 0 Å². The number of nitrogens with one attached hydrogen (secondary N) is 1. The smallest absolute Gasteiger partial charge is 0.252 e. The zero-order valence-electron chi connectivity index (χ0n) is 14.7. The first-order chi connectivity index (χ1) is 11.0. The number of nitrogens with two attached hydrogens (primary N) is 1. The monoisotopic (exact) mass is 383 g/mol. The Bertz CT molecular complexity index is 713. The number of amides is 1. The molecule has 1 amide bonds. The molecule has 3 rings (SSSR count). The van der Waals surface area contributed by atoms with Gasteiger partial charge in [0.1, 0.15) is 0 Å². The van der Waals surface area contributed by atoms with Crippen molar-refractivity contribution in [3.8, 4) is 0 Å². The van der Waals surface area contributed by atoms with Crippen molar-refractivity contribution >= 4 is 41.6 Å². The van der Waals surface area contributed by atoms with E-state index in [0.717, 1.165) is 47.8 Å². The van der Waals surface area contributed by atoms with Crippen LogP contribution in [0.2, 0.25) is 0 Å². The second-order valence-corrected chi connectivity index (χ2v) is 6.85. The van der Waals surface area contributed by atoms with Gasteiger partial charge in [-0.1, -0.05) is 32.0 Å². The number of nitrogens with zero attached hydrogens (tertiary/aromatic N) is 1. The van der Waals surface area contributed by atoms with E-state index in [1.807, 2.05) is 30.3 Å². The first-order valence-corrected chi connectivity index (χ1v) is 8.50. The normalized spacial score (nSPS) is 19.8. The lowest BCUT2D eigenvalue weighted by Crippen LogP contribution is -2.40. The summed E-state index contributed by atoms with van der Waals surface area (Å²) in [5.74, 6) is 0.296. The highest BCUT2D eigenvalue weighted by Crippen LogP contribution is 2.23. The van der Waals surface area contributed by atoms with Crippen molar-refractivity contribution in [2.24, 2.45) is 5.73 Å². The van der Waals surface area contributed by atoms with Crippen molar-refractivity contribution in [2.75, 3.05) is 0 Å². The molecule has 6 heteroatoms. The highest BCUT2D eigenvalue weighted by Gasteiger charge is 2.22. The molecule has 1 aromatic heterocycles. The SMILES string of the molecule is CC(C)c1cc(C(=O)NC2CCC(N)CC2)c2ccccc2n1.Cl.Cl. The Hall–Kier alpha value is -1.36. The summed E-state index contributed by atoms with van der Waals surface area (Å²) in [5.41, 5.74) is 8.52. The molecule has 25 heavy (non-hydrogen) atoms. The van der Waals surface area contributed by atoms with Crippen LogP contribution < -0.4 is 11.1 Å². The Balaban J connectivity index is 0.00000156. The molecular formula is C19H27Cl2N3O. The van der Waals surface area contributed by atoms with Crippen molar-refractivity contribution in [3.05, 3.63) is 41.6 Å². The van der Waals surface area contributed by atoms with Gasteiger partial charge in [-0.15, -0.1) is 24.8 Å². The van der Waals surface area contributed by atoms with Gasteiger partial charge in [0.25, 0.3) is 5.91 Å². The molecule has 0 radical (unpaired) electrons. The summed E-state index contributed by atoms with van der Waals surface area (Å²) < 4.78 is 0. The van der Waals surface area contributed by atoms with E-state index in [-0.39, 0.29) is 42.8 Å². The Labute approximate surface area is 161 Å². The van der Waals surface area contributed by atoms with E-state index in [1.165, 1.54) is 0 Å². The molecule has 1 aliphatic rings. The first kappa shape index (κ1) is 21.7. The maximum absolute atomic E-state index is 12.8. The number of benzene rings is 1. The summed E-state index contributed by atoms with van der Waals surface area (Å²) in [6.07, 6.45) is 3.90. The third-order valence-corrected chi connectivity index (χ3v) is 4.68. The molecule has 0 spiro atoms. The number of carbonyl (C=O) groups excluding carboxylic acids is 1. The molecule has 4 nitrogen and oxygen atoms in total. The van der Waals surface area contributed by atoms with Crippen LogP contribution in [0.25, 0.3) is 10.9 Å². The lowest BCUT2D eigenvalue weighted by Gasteiger charge is -2.27. The van der Waals surface area contributed by atoms with Gasteiger partial charge in [0, 0.05) is 23.2 Å². The van der Waals surface area contributed by atoms with Gasteiger partial charge in [-0.05, 0) is 43.7 Å². The third-order valence-electron chi connectivity index (χ3n) is 4.68. The van der Waals surface area contributed by atoms with Crippen molar-refractivity contribution in [1.82, 2.24) is 10.3 Å². The molecular weight excluding hydrogens is 357 g/mol. The molecule has 1 saturated carbocycles. The number of aromatic nitrogens is 1. The average molecular weight is 384 g/mol. The quantitative estimate of drug-likeness (QED) is 0.833. The summed E-state index contributed by atoms with van der Waals surface area (Å²) in [5, 5.41) is 4.11. The Morgan fingerprint density at radius 1 is 1.16 bits per heavy atom. The third kappa shape index (κ3) is 5.06. The lowest BCUT2D eigenvalue weighted by molar-refractivity contribution is 0.0927. The molecule has 0 saturated heterocycles. The van der Waals surface area contributed by atoms with Gasteiger partial charge in [0.15, 0.2) is 0 Å². The molecule has 2 aromatic rings. The van der Waals surface area contributed by atoms with E-state index in [9.17, 15) is 4.79 Å². The zero-order chi connectivity index (χ0) is 16.4. The fraction of sp³-hybridized carbons (Fsp3) is 0.474. The first-order valence-electron chi connectivity index (χ1n) is 8.50. The minimum absolute atomic E-state index is 0. The van der Waals surface area contributed by atoms with Gasteiger partial charge in [0.05, 0.1) is 11.1 Å². The Kier molecular flexibility index (Phi) is 8.13. The molecule has 0 bridgehead atoms. The zero-order valence-corrected chi connectivity index (χ0v) is 16.3. The number of pyridine rings is 1. The highest BCUT2D eigenvalue weighted by molar-refractivity contribution is 6.06. The number of para-hydroxylation sites is 1. The van der Waals surface area contributed by atoms with Gasteiger partial charge in [-0.25, -0.2) is 0 Å². The molecule has 1 heterocycles. The predicted octanol–water partition coefficient (Wildman–Crippen LogP) is 4.20.